The van der Waals surface area contributed by atoms with Crippen LogP contribution in [0.15, 0.2) is 18.2 Å². The second-order valence-electron chi connectivity index (χ2n) is 5.77. The lowest BCUT2D eigenvalue weighted by molar-refractivity contribution is 0.454. The molecule has 3 heteroatoms. The van der Waals surface area contributed by atoms with Crippen LogP contribution in [0.5, 0.6) is 0 Å². The van der Waals surface area contributed by atoms with Gasteiger partial charge >= 0.3 is 0 Å². The fraction of sp³-hybridized carbons (Fsp3) is 0.625. The van der Waals surface area contributed by atoms with E-state index in [4.69, 9.17) is 23.2 Å². The Labute approximate surface area is 127 Å². The van der Waals surface area contributed by atoms with E-state index in [-0.39, 0.29) is 0 Å². The van der Waals surface area contributed by atoms with E-state index in [1.807, 2.05) is 18.2 Å². The first-order chi connectivity index (χ1) is 8.99. The molecule has 1 aromatic rings. The molecule has 19 heavy (non-hydrogen) atoms. The van der Waals surface area contributed by atoms with E-state index < -0.39 is 0 Å². The van der Waals surface area contributed by atoms with E-state index >= 15 is 0 Å². The van der Waals surface area contributed by atoms with Gasteiger partial charge in [-0.2, -0.15) is 0 Å². The molecule has 1 atom stereocenters. The minimum Gasteiger partial charge on any atom is -0.316 e. The first kappa shape index (κ1) is 16.8. The van der Waals surface area contributed by atoms with Crippen LogP contribution in [0.25, 0.3) is 0 Å². The molecule has 0 aromatic heterocycles. The summed E-state index contributed by atoms with van der Waals surface area (Å²) in [6.45, 7) is 8.97. The largest absolute Gasteiger partial charge is 0.316 e. The highest BCUT2D eigenvalue weighted by Crippen LogP contribution is 2.23. The van der Waals surface area contributed by atoms with Crippen molar-refractivity contribution in [2.45, 2.75) is 40.0 Å². The summed E-state index contributed by atoms with van der Waals surface area (Å²) < 4.78 is 0. The first-order valence-corrected chi connectivity index (χ1v) is 7.89. The summed E-state index contributed by atoms with van der Waals surface area (Å²) in [5, 5.41) is 5.08. The maximum Gasteiger partial charge on any atom is 0.0439 e. The zero-order valence-corrected chi connectivity index (χ0v) is 13.7. The number of hydrogen-bond acceptors (Lipinski definition) is 1. The number of rotatable bonds is 8. The van der Waals surface area contributed by atoms with Crippen LogP contribution >= 0.6 is 23.2 Å². The summed E-state index contributed by atoms with van der Waals surface area (Å²) in [4.78, 5) is 0. The van der Waals surface area contributed by atoms with Gasteiger partial charge in [0.2, 0.25) is 0 Å². The molecule has 0 saturated heterocycles. The summed E-state index contributed by atoms with van der Waals surface area (Å²) in [7, 11) is 0. The lowest BCUT2D eigenvalue weighted by Gasteiger charge is -2.13. The average Bonchev–Trinajstić information content (AvgIpc) is 2.35. The van der Waals surface area contributed by atoms with E-state index in [1.54, 1.807) is 0 Å². The second kappa shape index (κ2) is 8.84. The van der Waals surface area contributed by atoms with Gasteiger partial charge in [-0.25, -0.2) is 0 Å². The molecule has 0 spiro atoms. The van der Waals surface area contributed by atoms with Gasteiger partial charge < -0.3 is 5.32 Å². The Balaban J connectivity index is 2.26. The van der Waals surface area contributed by atoms with Gasteiger partial charge in [0.15, 0.2) is 0 Å². The molecule has 1 N–H and O–H groups in total. The van der Waals surface area contributed by atoms with Gasteiger partial charge in [-0.15, -0.1) is 0 Å². The molecule has 0 radical (unpaired) electrons. The highest BCUT2D eigenvalue weighted by atomic mass is 35.5. The van der Waals surface area contributed by atoms with Crippen LogP contribution in [0, 0.1) is 11.8 Å². The van der Waals surface area contributed by atoms with Gasteiger partial charge in [-0.05, 0) is 68.0 Å². The Bertz CT molecular complexity index is 377. The van der Waals surface area contributed by atoms with E-state index in [1.165, 1.54) is 6.42 Å². The second-order valence-corrected chi connectivity index (χ2v) is 6.61. The van der Waals surface area contributed by atoms with Gasteiger partial charge in [-0.3, -0.25) is 0 Å². The number of nitrogens with one attached hydrogen (secondary N) is 1. The number of benzene rings is 1. The van der Waals surface area contributed by atoms with Crippen LogP contribution in [0.3, 0.4) is 0 Å². The van der Waals surface area contributed by atoms with Crippen molar-refractivity contribution in [3.8, 4) is 0 Å². The standard InChI is InChI=1S/C16H25Cl2N/c1-12(2)11-19-9-8-13(3)4-5-14-10-15(17)6-7-16(14)18/h6-7,10,12-13,19H,4-5,8-9,11H2,1-3H3. The molecule has 0 bridgehead atoms. The summed E-state index contributed by atoms with van der Waals surface area (Å²) >= 11 is 12.2. The molecule has 0 aliphatic carbocycles. The summed E-state index contributed by atoms with van der Waals surface area (Å²) in [6, 6.07) is 5.70. The van der Waals surface area contributed by atoms with E-state index in [9.17, 15) is 0 Å². The van der Waals surface area contributed by atoms with E-state index in [2.05, 4.69) is 26.1 Å². The van der Waals surface area contributed by atoms with Crippen LogP contribution in [0.2, 0.25) is 10.0 Å². The van der Waals surface area contributed by atoms with Crippen LogP contribution in [0.1, 0.15) is 39.2 Å². The van der Waals surface area contributed by atoms with Gasteiger partial charge in [0, 0.05) is 10.0 Å². The van der Waals surface area contributed by atoms with Crippen LogP contribution in [0.4, 0.5) is 0 Å². The van der Waals surface area contributed by atoms with Gasteiger partial charge in [0.25, 0.3) is 0 Å². The topological polar surface area (TPSA) is 12.0 Å². The Morgan fingerprint density at radius 2 is 1.84 bits per heavy atom. The minimum absolute atomic E-state index is 0.703. The molecule has 108 valence electrons. The Kier molecular flexibility index (Phi) is 7.82. The maximum atomic E-state index is 6.17. The molecule has 0 heterocycles. The molecule has 1 nitrogen and oxygen atoms in total. The lowest BCUT2D eigenvalue weighted by atomic mass is 9.98. The third kappa shape index (κ3) is 7.20. The van der Waals surface area contributed by atoms with Crippen LogP contribution < -0.4 is 5.32 Å². The fourth-order valence-electron chi connectivity index (χ4n) is 2.02. The van der Waals surface area contributed by atoms with Crippen molar-refractivity contribution in [1.82, 2.24) is 5.32 Å². The maximum absolute atomic E-state index is 6.17. The third-order valence-electron chi connectivity index (χ3n) is 3.28. The highest BCUT2D eigenvalue weighted by molar-refractivity contribution is 6.33. The molecule has 1 aromatic carbocycles. The van der Waals surface area contributed by atoms with Crippen molar-refractivity contribution < 1.29 is 0 Å². The predicted octanol–water partition coefficient (Wildman–Crippen LogP) is 5.20. The lowest BCUT2D eigenvalue weighted by Crippen LogP contribution is -2.22. The number of halogens is 2. The third-order valence-corrected chi connectivity index (χ3v) is 3.88. The van der Waals surface area contributed by atoms with E-state index in [0.717, 1.165) is 47.5 Å². The molecule has 0 fully saturated rings. The fourth-order valence-corrected chi connectivity index (χ4v) is 2.43. The van der Waals surface area contributed by atoms with Crippen molar-refractivity contribution in [3.63, 3.8) is 0 Å². The van der Waals surface area contributed by atoms with Crippen molar-refractivity contribution in [1.29, 1.82) is 0 Å². The molecule has 0 amide bonds. The Morgan fingerprint density at radius 3 is 2.53 bits per heavy atom. The number of hydrogen-bond donors (Lipinski definition) is 1. The molecule has 0 saturated carbocycles. The minimum atomic E-state index is 0.703. The predicted molar refractivity (Wildman–Crippen MR) is 86.3 cm³/mol. The molecule has 0 aliphatic heterocycles. The van der Waals surface area contributed by atoms with Crippen molar-refractivity contribution in [2.24, 2.45) is 11.8 Å². The number of aryl methyl sites for hydroxylation is 1. The SMILES string of the molecule is CC(C)CNCCC(C)CCc1cc(Cl)ccc1Cl. The zero-order chi connectivity index (χ0) is 14.3. The first-order valence-electron chi connectivity index (χ1n) is 7.13. The van der Waals surface area contributed by atoms with Crippen molar-refractivity contribution in [3.05, 3.63) is 33.8 Å². The van der Waals surface area contributed by atoms with Gasteiger partial charge in [0.1, 0.15) is 0 Å². The molecule has 0 aliphatic rings. The molecule has 1 rings (SSSR count). The summed E-state index contributed by atoms with van der Waals surface area (Å²) in [6.07, 6.45) is 3.37. The quantitative estimate of drug-likeness (QED) is 0.651. The average molecular weight is 302 g/mol. The van der Waals surface area contributed by atoms with Gasteiger partial charge in [0.05, 0.1) is 0 Å². The smallest absolute Gasteiger partial charge is 0.0439 e. The monoisotopic (exact) mass is 301 g/mol. The Hall–Kier alpha value is -0.240. The highest BCUT2D eigenvalue weighted by Gasteiger charge is 2.06. The molecular weight excluding hydrogens is 277 g/mol. The molecule has 1 unspecified atom stereocenters. The van der Waals surface area contributed by atoms with Gasteiger partial charge in [-0.1, -0.05) is 44.0 Å². The van der Waals surface area contributed by atoms with Crippen LogP contribution in [-0.2, 0) is 6.42 Å². The van der Waals surface area contributed by atoms with Crippen molar-refractivity contribution in [2.75, 3.05) is 13.1 Å². The summed E-state index contributed by atoms with van der Waals surface area (Å²) in [5.41, 5.74) is 1.16. The normalized spacial score (nSPS) is 12.9. The van der Waals surface area contributed by atoms with E-state index in [0.29, 0.717) is 5.92 Å². The Morgan fingerprint density at radius 1 is 1.11 bits per heavy atom. The van der Waals surface area contributed by atoms with Crippen LogP contribution in [-0.4, -0.2) is 13.1 Å². The summed E-state index contributed by atoms with van der Waals surface area (Å²) in [5.74, 6) is 1.43. The van der Waals surface area contributed by atoms with Crippen molar-refractivity contribution >= 4 is 23.2 Å². The molecular formula is C16H25Cl2N. The zero-order valence-electron chi connectivity index (χ0n) is 12.2.